The molecule has 0 amide bonds. The first-order valence-corrected chi connectivity index (χ1v) is 6.97. The number of esters is 1. The van der Waals surface area contributed by atoms with E-state index in [1.54, 1.807) is 0 Å². The summed E-state index contributed by atoms with van der Waals surface area (Å²) in [6.45, 7) is 0.595. The summed E-state index contributed by atoms with van der Waals surface area (Å²) in [5, 5.41) is 0. The second-order valence-corrected chi connectivity index (χ2v) is 6.07. The van der Waals surface area contributed by atoms with Crippen LogP contribution in [-0.4, -0.2) is 55.7 Å². The van der Waals surface area contributed by atoms with Gasteiger partial charge in [-0.25, -0.2) is 0 Å². The molecular weight excluding hydrogens is 252 g/mol. The van der Waals surface area contributed by atoms with E-state index >= 15 is 0 Å². The van der Waals surface area contributed by atoms with E-state index in [0.717, 1.165) is 6.42 Å². The molecule has 1 N–H and O–H groups in total. The van der Waals surface area contributed by atoms with Crippen LogP contribution in [-0.2, 0) is 29.1 Å². The van der Waals surface area contributed by atoms with Crippen molar-refractivity contribution in [3.05, 3.63) is 0 Å². The molecule has 0 aromatic heterocycles. The van der Waals surface area contributed by atoms with Crippen LogP contribution in [0.1, 0.15) is 6.42 Å². The second-order valence-electron chi connectivity index (χ2n) is 4.61. The van der Waals surface area contributed by atoms with Crippen molar-refractivity contribution in [3.63, 3.8) is 0 Å². The summed E-state index contributed by atoms with van der Waals surface area (Å²) in [4.78, 5) is 11.3. The van der Waals surface area contributed by atoms with Crippen molar-refractivity contribution in [3.8, 4) is 0 Å². The number of hydrogen-bond acceptors (Lipinski definition) is 6. The van der Waals surface area contributed by atoms with E-state index in [1.807, 2.05) is 0 Å². The van der Waals surface area contributed by atoms with Crippen LogP contribution >= 0.6 is 0 Å². The van der Waals surface area contributed by atoms with E-state index in [4.69, 9.17) is 18.8 Å². The van der Waals surface area contributed by atoms with Crippen LogP contribution in [0, 0.1) is 5.92 Å². The van der Waals surface area contributed by atoms with Gasteiger partial charge in [0.1, 0.15) is 6.10 Å². The summed E-state index contributed by atoms with van der Waals surface area (Å²) in [5.74, 6) is -1.64. The lowest BCUT2D eigenvalue weighted by Gasteiger charge is -2.22. The zero-order chi connectivity index (χ0) is 12.2. The van der Waals surface area contributed by atoms with Gasteiger partial charge in [0.05, 0.1) is 18.8 Å². The molecule has 7 nitrogen and oxygen atoms in total. The molecule has 0 aromatic carbocycles. The lowest BCUT2D eigenvalue weighted by Crippen LogP contribution is -2.41. The molecule has 3 heterocycles. The van der Waals surface area contributed by atoms with Crippen molar-refractivity contribution >= 4 is 16.1 Å². The zero-order valence-corrected chi connectivity index (χ0v) is 9.63. The number of rotatable bonds is 3. The molecule has 3 aliphatic heterocycles. The molecule has 3 rings (SSSR count). The second kappa shape index (κ2) is 3.64. The maximum absolute atomic E-state index is 11.3. The molecule has 0 spiro atoms. The number of fused-ring (bicyclic) bond motifs is 1. The number of carbonyl (C=O) groups excluding carboxylic acids is 1. The highest BCUT2D eigenvalue weighted by Gasteiger charge is 2.60. The van der Waals surface area contributed by atoms with Crippen LogP contribution in [0.4, 0.5) is 0 Å². The van der Waals surface area contributed by atoms with Gasteiger partial charge in [0.2, 0.25) is 0 Å². The van der Waals surface area contributed by atoms with E-state index in [9.17, 15) is 13.2 Å². The summed E-state index contributed by atoms with van der Waals surface area (Å²) in [6, 6.07) is 0. The van der Waals surface area contributed by atoms with Gasteiger partial charge in [-0.05, 0) is 6.42 Å². The van der Waals surface area contributed by atoms with Crippen LogP contribution in [0.3, 0.4) is 0 Å². The largest absolute Gasteiger partial charge is 0.456 e. The Balaban J connectivity index is 1.65. The van der Waals surface area contributed by atoms with Gasteiger partial charge in [-0.2, -0.15) is 8.42 Å². The Morgan fingerprint density at radius 1 is 1.41 bits per heavy atom. The molecule has 3 saturated heterocycles. The molecule has 5 atom stereocenters. The highest BCUT2D eigenvalue weighted by molar-refractivity contribution is 7.86. The van der Waals surface area contributed by atoms with Crippen LogP contribution in [0.2, 0.25) is 0 Å². The average molecular weight is 264 g/mol. The molecule has 3 aliphatic rings. The van der Waals surface area contributed by atoms with Crippen molar-refractivity contribution in [2.24, 2.45) is 5.92 Å². The standard InChI is InChI=1S/C9H12O7S/c10-6(3-17(11,12)13)16-8-5-1-4-2-14-9(8)7(4)15-5/h4-5,7-9H,1-3H2,(H,11,12,13). The maximum Gasteiger partial charge on any atom is 0.324 e. The van der Waals surface area contributed by atoms with Gasteiger partial charge in [-0.3, -0.25) is 9.35 Å². The normalized spacial score (nSPS) is 43.0. The minimum absolute atomic E-state index is 0.0384. The number of carbonyl (C=O) groups is 1. The van der Waals surface area contributed by atoms with Gasteiger partial charge in [0.15, 0.2) is 11.9 Å². The fourth-order valence-electron chi connectivity index (χ4n) is 2.82. The molecule has 5 unspecified atom stereocenters. The molecule has 0 saturated carbocycles. The van der Waals surface area contributed by atoms with Crippen molar-refractivity contribution in [2.75, 3.05) is 12.4 Å². The van der Waals surface area contributed by atoms with Crippen LogP contribution in [0.25, 0.3) is 0 Å². The fraction of sp³-hybridized carbons (Fsp3) is 0.889. The first-order valence-electron chi connectivity index (χ1n) is 5.36. The van der Waals surface area contributed by atoms with Crippen LogP contribution in [0.15, 0.2) is 0 Å². The SMILES string of the molecule is O=C(CS(=O)(=O)O)OC1C2CC3COC1C3O2. The summed E-state index contributed by atoms with van der Waals surface area (Å²) >= 11 is 0. The Morgan fingerprint density at radius 2 is 2.18 bits per heavy atom. The third kappa shape index (κ3) is 1.95. The third-order valence-corrected chi connectivity index (χ3v) is 4.02. The van der Waals surface area contributed by atoms with E-state index < -0.39 is 27.9 Å². The molecule has 3 fully saturated rings. The Kier molecular flexibility index (Phi) is 2.44. The van der Waals surface area contributed by atoms with Gasteiger partial charge in [-0.1, -0.05) is 0 Å². The highest BCUT2D eigenvalue weighted by Crippen LogP contribution is 2.46. The minimum Gasteiger partial charge on any atom is -0.456 e. The van der Waals surface area contributed by atoms with Crippen LogP contribution in [0.5, 0.6) is 0 Å². The molecule has 17 heavy (non-hydrogen) atoms. The molecule has 8 heteroatoms. The first-order chi connectivity index (χ1) is 7.94. The van der Waals surface area contributed by atoms with Gasteiger partial charge in [-0.15, -0.1) is 0 Å². The number of hydrogen-bond donors (Lipinski definition) is 1. The smallest absolute Gasteiger partial charge is 0.324 e. The monoisotopic (exact) mass is 264 g/mol. The van der Waals surface area contributed by atoms with E-state index in [1.165, 1.54) is 0 Å². The number of ether oxygens (including phenoxy) is 3. The van der Waals surface area contributed by atoms with Crippen molar-refractivity contribution in [1.82, 2.24) is 0 Å². The molecule has 2 bridgehead atoms. The van der Waals surface area contributed by atoms with Crippen molar-refractivity contribution < 1.29 is 32.0 Å². The summed E-state index contributed by atoms with van der Waals surface area (Å²) < 4.78 is 45.7. The van der Waals surface area contributed by atoms with Gasteiger partial charge in [0.25, 0.3) is 10.1 Å². The third-order valence-electron chi connectivity index (χ3n) is 3.42. The topological polar surface area (TPSA) is 99.1 Å². The highest BCUT2D eigenvalue weighted by atomic mass is 32.2. The molecular formula is C9H12O7S. The van der Waals surface area contributed by atoms with Crippen molar-refractivity contribution in [1.29, 1.82) is 0 Å². The molecule has 96 valence electrons. The summed E-state index contributed by atoms with van der Waals surface area (Å²) in [7, 11) is -4.35. The van der Waals surface area contributed by atoms with E-state index in [-0.39, 0.29) is 18.3 Å². The molecule has 0 aromatic rings. The fourth-order valence-corrected chi connectivity index (χ4v) is 3.19. The Morgan fingerprint density at radius 3 is 2.88 bits per heavy atom. The lowest BCUT2D eigenvalue weighted by atomic mass is 9.88. The van der Waals surface area contributed by atoms with E-state index in [2.05, 4.69) is 0 Å². The minimum atomic E-state index is -4.35. The molecule has 0 radical (unpaired) electrons. The quantitative estimate of drug-likeness (QED) is 0.514. The Labute approximate surface area is 97.8 Å². The summed E-state index contributed by atoms with van der Waals surface area (Å²) in [5.41, 5.74) is 0. The predicted molar refractivity (Wildman–Crippen MR) is 52.8 cm³/mol. The van der Waals surface area contributed by atoms with Crippen molar-refractivity contribution in [2.45, 2.75) is 30.8 Å². The van der Waals surface area contributed by atoms with Crippen LogP contribution < -0.4 is 0 Å². The first kappa shape index (κ1) is 11.4. The van der Waals surface area contributed by atoms with Gasteiger partial charge < -0.3 is 14.2 Å². The zero-order valence-electron chi connectivity index (χ0n) is 8.81. The summed E-state index contributed by atoms with van der Waals surface area (Å²) in [6.07, 6.45) is -0.311. The average Bonchev–Trinajstić information content (AvgIpc) is 2.73. The molecule has 0 aliphatic carbocycles. The predicted octanol–water partition coefficient (Wildman–Crippen LogP) is -1.03. The van der Waals surface area contributed by atoms with Gasteiger partial charge in [0, 0.05) is 5.92 Å². The lowest BCUT2D eigenvalue weighted by molar-refractivity contribution is -0.152. The van der Waals surface area contributed by atoms with Gasteiger partial charge >= 0.3 is 5.97 Å². The Bertz CT molecular complexity index is 442. The Hall–Kier alpha value is -0.700. The van der Waals surface area contributed by atoms with E-state index in [0.29, 0.717) is 12.5 Å². The maximum atomic E-state index is 11.3.